The summed E-state index contributed by atoms with van der Waals surface area (Å²) in [5.41, 5.74) is 4.11. The lowest BCUT2D eigenvalue weighted by atomic mass is 10.1. The first-order valence-electron chi connectivity index (χ1n) is 9.47. The first-order chi connectivity index (χ1) is 13.1. The van der Waals surface area contributed by atoms with Crippen LogP contribution in [0, 0.1) is 6.92 Å². The zero-order valence-electron chi connectivity index (χ0n) is 15.9. The van der Waals surface area contributed by atoms with E-state index in [9.17, 15) is 4.79 Å². The lowest BCUT2D eigenvalue weighted by molar-refractivity contribution is -0.126. The summed E-state index contributed by atoms with van der Waals surface area (Å²) in [6, 6.07) is 9.86. The van der Waals surface area contributed by atoms with E-state index in [1.807, 2.05) is 23.9 Å². The first kappa shape index (κ1) is 17.7. The number of nitrogens with one attached hydrogen (secondary N) is 1. The minimum atomic E-state index is -0.294. The molecule has 3 heterocycles. The number of fused-ring (bicyclic) bond motifs is 1. The Morgan fingerprint density at radius 3 is 2.81 bits per heavy atom. The van der Waals surface area contributed by atoms with Gasteiger partial charge in [0.15, 0.2) is 0 Å². The highest BCUT2D eigenvalue weighted by Gasteiger charge is 2.29. The molecule has 0 bridgehead atoms. The third-order valence-corrected chi connectivity index (χ3v) is 5.27. The van der Waals surface area contributed by atoms with Gasteiger partial charge in [0.1, 0.15) is 6.04 Å². The fourth-order valence-corrected chi connectivity index (χ4v) is 3.92. The van der Waals surface area contributed by atoms with Gasteiger partial charge < -0.3 is 5.32 Å². The molecule has 27 heavy (non-hydrogen) atoms. The molecule has 1 fully saturated rings. The van der Waals surface area contributed by atoms with Crippen molar-refractivity contribution in [2.24, 2.45) is 7.05 Å². The number of benzene rings is 1. The number of pyridine rings is 1. The highest BCUT2D eigenvalue weighted by molar-refractivity contribution is 5.85. The van der Waals surface area contributed by atoms with Crippen LogP contribution in [0.25, 0.3) is 10.9 Å². The number of likely N-dealkylation sites (tertiary alicyclic amines) is 1. The second-order valence-corrected chi connectivity index (χ2v) is 7.24. The number of hydrogen-bond donors (Lipinski definition) is 1. The number of carbonyl (C=O) groups is 1. The molecule has 0 spiro atoms. The summed E-state index contributed by atoms with van der Waals surface area (Å²) in [6.07, 6.45) is 5.80. The van der Waals surface area contributed by atoms with E-state index in [2.05, 4.69) is 45.4 Å². The van der Waals surface area contributed by atoms with Gasteiger partial charge in [0.25, 0.3) is 0 Å². The number of aryl methyl sites for hydroxylation is 2. The number of carbonyl (C=O) groups excluding carboxylic acids is 1. The highest BCUT2D eigenvalue weighted by atomic mass is 16.2. The van der Waals surface area contributed by atoms with E-state index in [1.165, 1.54) is 5.56 Å². The Kier molecular flexibility index (Phi) is 4.90. The second kappa shape index (κ2) is 7.48. The van der Waals surface area contributed by atoms with Crippen molar-refractivity contribution >= 4 is 16.8 Å². The van der Waals surface area contributed by atoms with E-state index < -0.39 is 0 Å². The summed E-state index contributed by atoms with van der Waals surface area (Å²) < 4.78 is 1.87. The summed E-state index contributed by atoms with van der Waals surface area (Å²) in [5, 5.41) is 8.82. The molecule has 1 N–H and O–H groups in total. The van der Waals surface area contributed by atoms with Gasteiger partial charge in [-0.2, -0.15) is 5.10 Å². The molecule has 1 atom stereocenters. The SMILES string of the molecule is Cc1ccc2c(c1)c(CNC(=O)[C@@H](c1cccnc1)N1CCCC1)nn2C. The Morgan fingerprint density at radius 2 is 2.07 bits per heavy atom. The average Bonchev–Trinajstić information content (AvgIpc) is 3.30. The minimum Gasteiger partial charge on any atom is -0.349 e. The smallest absolute Gasteiger partial charge is 0.242 e. The van der Waals surface area contributed by atoms with Crippen molar-refractivity contribution in [1.82, 2.24) is 25.0 Å². The fourth-order valence-electron chi connectivity index (χ4n) is 3.92. The van der Waals surface area contributed by atoms with E-state index in [1.54, 1.807) is 12.4 Å². The van der Waals surface area contributed by atoms with Crippen molar-refractivity contribution in [2.75, 3.05) is 13.1 Å². The second-order valence-electron chi connectivity index (χ2n) is 7.24. The summed E-state index contributed by atoms with van der Waals surface area (Å²) in [5.74, 6) is 0.0105. The topological polar surface area (TPSA) is 63.1 Å². The molecule has 0 saturated carbocycles. The molecule has 0 radical (unpaired) electrons. The lowest BCUT2D eigenvalue weighted by Crippen LogP contribution is -2.39. The van der Waals surface area contributed by atoms with Crippen molar-refractivity contribution in [1.29, 1.82) is 0 Å². The summed E-state index contributed by atoms with van der Waals surface area (Å²) in [4.78, 5) is 19.6. The monoisotopic (exact) mass is 363 g/mol. The van der Waals surface area contributed by atoms with E-state index in [0.717, 1.165) is 48.1 Å². The van der Waals surface area contributed by atoms with Crippen LogP contribution in [0.2, 0.25) is 0 Å². The van der Waals surface area contributed by atoms with Crippen LogP contribution in [0.4, 0.5) is 0 Å². The molecular weight excluding hydrogens is 338 g/mol. The van der Waals surface area contributed by atoms with Crippen LogP contribution in [-0.2, 0) is 18.4 Å². The first-order valence-corrected chi connectivity index (χ1v) is 9.47. The van der Waals surface area contributed by atoms with Gasteiger partial charge >= 0.3 is 0 Å². The summed E-state index contributed by atoms with van der Waals surface area (Å²) in [7, 11) is 1.94. The number of rotatable bonds is 5. The molecule has 0 unspecified atom stereocenters. The van der Waals surface area contributed by atoms with Gasteiger partial charge in [-0.25, -0.2) is 0 Å². The molecule has 1 aliphatic rings. The molecule has 2 aromatic heterocycles. The van der Waals surface area contributed by atoms with Gasteiger partial charge in [0.2, 0.25) is 5.91 Å². The molecule has 6 nitrogen and oxygen atoms in total. The summed E-state index contributed by atoms with van der Waals surface area (Å²) >= 11 is 0. The number of amides is 1. The van der Waals surface area contributed by atoms with Crippen LogP contribution in [-0.4, -0.2) is 38.7 Å². The Labute approximate surface area is 159 Å². The van der Waals surface area contributed by atoms with E-state index in [0.29, 0.717) is 6.54 Å². The predicted octanol–water partition coefficient (Wildman–Crippen LogP) is 2.73. The van der Waals surface area contributed by atoms with Crippen LogP contribution in [0.1, 0.15) is 35.7 Å². The van der Waals surface area contributed by atoms with Crippen molar-refractivity contribution in [3.8, 4) is 0 Å². The van der Waals surface area contributed by atoms with Crippen molar-refractivity contribution in [3.63, 3.8) is 0 Å². The van der Waals surface area contributed by atoms with E-state index in [-0.39, 0.29) is 11.9 Å². The molecule has 0 aliphatic carbocycles. The van der Waals surface area contributed by atoms with Gasteiger partial charge in [0, 0.05) is 24.8 Å². The Bertz CT molecular complexity index is 944. The largest absolute Gasteiger partial charge is 0.349 e. The number of aromatic nitrogens is 3. The zero-order valence-corrected chi connectivity index (χ0v) is 15.9. The van der Waals surface area contributed by atoms with Crippen LogP contribution in [0.15, 0.2) is 42.7 Å². The maximum atomic E-state index is 13.1. The van der Waals surface area contributed by atoms with Crippen molar-refractivity contribution in [3.05, 3.63) is 59.5 Å². The Morgan fingerprint density at radius 1 is 1.26 bits per heavy atom. The Balaban J connectivity index is 1.56. The molecule has 1 saturated heterocycles. The van der Waals surface area contributed by atoms with Gasteiger partial charge in [-0.05, 0) is 56.6 Å². The van der Waals surface area contributed by atoms with Crippen LogP contribution in [0.5, 0.6) is 0 Å². The molecular formula is C21H25N5O. The standard InChI is InChI=1S/C21H25N5O/c1-15-7-8-19-17(12-15)18(24-25(19)2)14-23-21(27)20(26-10-3-4-11-26)16-6-5-9-22-13-16/h5-9,12-13,20H,3-4,10-11,14H2,1-2H3,(H,23,27)/t20-/m1/s1. The predicted molar refractivity (Wildman–Crippen MR) is 105 cm³/mol. The number of nitrogens with zero attached hydrogens (tertiary/aromatic N) is 4. The van der Waals surface area contributed by atoms with Crippen molar-refractivity contribution in [2.45, 2.75) is 32.4 Å². The minimum absolute atomic E-state index is 0.0105. The van der Waals surface area contributed by atoms with E-state index in [4.69, 9.17) is 0 Å². The van der Waals surface area contributed by atoms with E-state index >= 15 is 0 Å². The number of hydrogen-bond acceptors (Lipinski definition) is 4. The molecule has 140 valence electrons. The third-order valence-electron chi connectivity index (χ3n) is 5.27. The third kappa shape index (κ3) is 3.57. The van der Waals surface area contributed by atoms with Gasteiger partial charge in [-0.3, -0.25) is 19.4 Å². The van der Waals surface area contributed by atoms with Crippen LogP contribution in [0.3, 0.4) is 0 Å². The fraction of sp³-hybridized carbons (Fsp3) is 0.381. The average molecular weight is 363 g/mol. The van der Waals surface area contributed by atoms with Crippen LogP contribution < -0.4 is 5.32 Å². The normalized spacial score (nSPS) is 15.9. The van der Waals surface area contributed by atoms with Crippen LogP contribution >= 0.6 is 0 Å². The highest BCUT2D eigenvalue weighted by Crippen LogP contribution is 2.25. The summed E-state index contributed by atoms with van der Waals surface area (Å²) in [6.45, 7) is 4.38. The van der Waals surface area contributed by atoms with Crippen molar-refractivity contribution < 1.29 is 4.79 Å². The van der Waals surface area contributed by atoms with Gasteiger partial charge in [0.05, 0.1) is 17.8 Å². The molecule has 1 amide bonds. The van der Waals surface area contributed by atoms with Gasteiger partial charge in [-0.1, -0.05) is 17.7 Å². The molecule has 1 aromatic carbocycles. The molecule has 1 aliphatic heterocycles. The maximum Gasteiger partial charge on any atom is 0.242 e. The zero-order chi connectivity index (χ0) is 18.8. The molecule has 6 heteroatoms. The quantitative estimate of drug-likeness (QED) is 0.757. The molecule has 3 aromatic rings. The van der Waals surface area contributed by atoms with Gasteiger partial charge in [-0.15, -0.1) is 0 Å². The lowest BCUT2D eigenvalue weighted by Gasteiger charge is -2.26. The Hall–Kier alpha value is -2.73. The molecule has 4 rings (SSSR count). The maximum absolute atomic E-state index is 13.1.